The molecule has 10 heteroatoms. The minimum absolute atomic E-state index is 0.0317. The predicted octanol–water partition coefficient (Wildman–Crippen LogP) is 5.65. The van der Waals surface area contributed by atoms with E-state index in [1.54, 1.807) is 36.7 Å². The van der Waals surface area contributed by atoms with Crippen molar-refractivity contribution in [2.45, 2.75) is 38.6 Å². The molecule has 0 atom stereocenters. The number of hydrogen-bond donors (Lipinski definition) is 1. The third-order valence-corrected chi connectivity index (χ3v) is 7.97. The standard InChI is InChI=1S/C27H27N5O4S/c1-3-14-37(33,34)31-18-8-10-22(25(15-18)35-2)26-23(17-28)21-11-9-20(36-27-29-12-5-13-30-27)16-24(21)32(26)19-6-4-7-19/h5,8-13,15-16,19,31H,3-4,6-7,14H2,1-2H3. The monoisotopic (exact) mass is 517 g/mol. The fourth-order valence-electron chi connectivity index (χ4n) is 4.65. The molecule has 2 aromatic carbocycles. The highest BCUT2D eigenvalue weighted by atomic mass is 32.2. The van der Waals surface area contributed by atoms with Gasteiger partial charge in [-0.15, -0.1) is 0 Å². The fraction of sp³-hybridized carbons (Fsp3) is 0.296. The second-order valence-corrected chi connectivity index (χ2v) is 10.8. The minimum atomic E-state index is -3.45. The smallest absolute Gasteiger partial charge is 0.321 e. The van der Waals surface area contributed by atoms with Gasteiger partial charge in [-0.25, -0.2) is 18.4 Å². The lowest BCUT2D eigenvalue weighted by Gasteiger charge is -2.30. The molecular weight excluding hydrogens is 490 g/mol. The second kappa shape index (κ2) is 10.1. The van der Waals surface area contributed by atoms with Crippen molar-refractivity contribution < 1.29 is 17.9 Å². The molecule has 5 rings (SSSR count). The first-order valence-electron chi connectivity index (χ1n) is 12.2. The van der Waals surface area contributed by atoms with Crippen molar-refractivity contribution >= 4 is 26.6 Å². The molecular formula is C27H27N5O4S. The number of anilines is 1. The molecule has 0 amide bonds. The fourth-order valence-corrected chi connectivity index (χ4v) is 5.77. The zero-order chi connectivity index (χ0) is 26.0. The SMILES string of the molecule is CCCS(=O)(=O)Nc1ccc(-c2c(C#N)c3ccc(Oc4ncccn4)cc3n2C2CCC2)c(OC)c1. The Morgan fingerprint density at radius 1 is 1.16 bits per heavy atom. The predicted molar refractivity (Wildman–Crippen MR) is 141 cm³/mol. The van der Waals surface area contributed by atoms with Gasteiger partial charge in [0.15, 0.2) is 0 Å². The molecule has 4 aromatic rings. The van der Waals surface area contributed by atoms with Crippen LogP contribution < -0.4 is 14.2 Å². The average Bonchev–Trinajstić information content (AvgIpc) is 3.16. The Labute approximate surface area is 215 Å². The van der Waals surface area contributed by atoms with Crippen LogP contribution in [0.25, 0.3) is 22.2 Å². The van der Waals surface area contributed by atoms with Gasteiger partial charge in [0, 0.05) is 41.5 Å². The Morgan fingerprint density at radius 3 is 2.59 bits per heavy atom. The molecule has 1 fully saturated rings. The summed E-state index contributed by atoms with van der Waals surface area (Å²) in [5, 5.41) is 11.1. The number of hydrogen-bond acceptors (Lipinski definition) is 7. The molecule has 9 nitrogen and oxygen atoms in total. The van der Waals surface area contributed by atoms with Gasteiger partial charge >= 0.3 is 6.01 Å². The summed E-state index contributed by atoms with van der Waals surface area (Å²) in [7, 11) is -1.92. The van der Waals surface area contributed by atoms with Crippen LogP contribution in [-0.2, 0) is 10.0 Å². The molecule has 1 N–H and O–H groups in total. The lowest BCUT2D eigenvalue weighted by molar-refractivity contribution is 0.323. The molecule has 1 aliphatic rings. The van der Waals surface area contributed by atoms with Crippen LogP contribution in [0.2, 0.25) is 0 Å². The number of nitrogens with one attached hydrogen (secondary N) is 1. The summed E-state index contributed by atoms with van der Waals surface area (Å²) in [6, 6.07) is 15.3. The lowest BCUT2D eigenvalue weighted by Crippen LogP contribution is -2.18. The summed E-state index contributed by atoms with van der Waals surface area (Å²) in [6.07, 6.45) is 6.83. The van der Waals surface area contributed by atoms with Gasteiger partial charge in [0.2, 0.25) is 10.0 Å². The number of sulfonamides is 1. The van der Waals surface area contributed by atoms with E-state index in [1.807, 2.05) is 25.1 Å². The summed E-state index contributed by atoms with van der Waals surface area (Å²) >= 11 is 0. The van der Waals surface area contributed by atoms with Crippen molar-refractivity contribution in [3.05, 3.63) is 60.4 Å². The molecule has 1 saturated carbocycles. The molecule has 190 valence electrons. The highest BCUT2D eigenvalue weighted by Gasteiger charge is 2.29. The highest BCUT2D eigenvalue weighted by molar-refractivity contribution is 7.92. The lowest BCUT2D eigenvalue weighted by atomic mass is 9.92. The quantitative estimate of drug-likeness (QED) is 0.305. The average molecular weight is 518 g/mol. The number of ether oxygens (including phenoxy) is 2. The number of aromatic nitrogens is 3. The molecule has 2 heterocycles. The molecule has 0 bridgehead atoms. The molecule has 2 aromatic heterocycles. The van der Waals surface area contributed by atoms with Crippen LogP contribution in [0.3, 0.4) is 0 Å². The molecule has 0 aliphatic heterocycles. The first-order chi connectivity index (χ1) is 17.9. The maximum absolute atomic E-state index is 12.3. The summed E-state index contributed by atoms with van der Waals surface area (Å²) in [5.41, 5.74) is 3.28. The maximum atomic E-state index is 12.3. The van der Waals surface area contributed by atoms with Gasteiger partial charge in [-0.3, -0.25) is 4.72 Å². The van der Waals surface area contributed by atoms with Crippen molar-refractivity contribution in [3.63, 3.8) is 0 Å². The van der Waals surface area contributed by atoms with Gasteiger partial charge < -0.3 is 14.0 Å². The zero-order valence-electron chi connectivity index (χ0n) is 20.6. The number of benzene rings is 2. The van der Waals surface area contributed by atoms with Crippen LogP contribution in [0.1, 0.15) is 44.2 Å². The maximum Gasteiger partial charge on any atom is 0.321 e. The van der Waals surface area contributed by atoms with Crippen molar-refractivity contribution in [1.82, 2.24) is 14.5 Å². The molecule has 0 saturated heterocycles. The van der Waals surface area contributed by atoms with E-state index in [0.29, 0.717) is 29.2 Å². The number of rotatable bonds is 9. The topological polar surface area (TPSA) is 119 Å². The van der Waals surface area contributed by atoms with Gasteiger partial charge in [0.05, 0.1) is 35.3 Å². The molecule has 0 radical (unpaired) electrons. The Bertz CT molecular complexity index is 1590. The second-order valence-electron chi connectivity index (χ2n) is 8.94. The number of fused-ring (bicyclic) bond motifs is 1. The third-order valence-electron chi connectivity index (χ3n) is 6.48. The van der Waals surface area contributed by atoms with E-state index in [9.17, 15) is 13.7 Å². The highest BCUT2D eigenvalue weighted by Crippen LogP contribution is 2.46. The van der Waals surface area contributed by atoms with Crippen LogP contribution in [0, 0.1) is 11.3 Å². The van der Waals surface area contributed by atoms with E-state index < -0.39 is 10.0 Å². The summed E-state index contributed by atoms with van der Waals surface area (Å²) in [5.74, 6) is 1.08. The van der Waals surface area contributed by atoms with E-state index in [4.69, 9.17) is 9.47 Å². The minimum Gasteiger partial charge on any atom is -0.496 e. The van der Waals surface area contributed by atoms with Crippen LogP contribution in [0.15, 0.2) is 54.9 Å². The summed E-state index contributed by atoms with van der Waals surface area (Å²) < 4.78 is 41.0. The van der Waals surface area contributed by atoms with Crippen molar-refractivity contribution in [3.8, 4) is 34.8 Å². The Balaban J connectivity index is 1.65. The van der Waals surface area contributed by atoms with Crippen LogP contribution in [-0.4, -0.2) is 35.8 Å². The van der Waals surface area contributed by atoms with Gasteiger partial charge in [-0.1, -0.05) is 6.92 Å². The number of nitrogens with zero attached hydrogens (tertiary/aromatic N) is 4. The Morgan fingerprint density at radius 2 is 1.95 bits per heavy atom. The van der Waals surface area contributed by atoms with Crippen LogP contribution in [0.4, 0.5) is 5.69 Å². The van der Waals surface area contributed by atoms with E-state index in [-0.39, 0.29) is 17.8 Å². The normalized spacial score (nSPS) is 13.6. The first-order valence-corrected chi connectivity index (χ1v) is 13.8. The van der Waals surface area contributed by atoms with Gasteiger partial charge in [-0.2, -0.15) is 5.26 Å². The molecule has 0 unspecified atom stereocenters. The molecule has 37 heavy (non-hydrogen) atoms. The largest absolute Gasteiger partial charge is 0.496 e. The van der Waals surface area contributed by atoms with Crippen LogP contribution >= 0.6 is 0 Å². The van der Waals surface area contributed by atoms with Crippen LogP contribution in [0.5, 0.6) is 17.5 Å². The van der Waals surface area contributed by atoms with Crippen molar-refractivity contribution in [1.29, 1.82) is 5.26 Å². The number of nitriles is 1. The van der Waals surface area contributed by atoms with Crippen molar-refractivity contribution in [2.24, 2.45) is 0 Å². The van der Waals surface area contributed by atoms with Crippen molar-refractivity contribution in [2.75, 3.05) is 17.6 Å². The van der Waals surface area contributed by atoms with Gasteiger partial charge in [0.1, 0.15) is 17.6 Å². The molecule has 1 aliphatic carbocycles. The first kappa shape index (κ1) is 24.6. The Hall–Kier alpha value is -4.10. The van der Waals surface area contributed by atoms with E-state index in [1.165, 1.54) is 7.11 Å². The van der Waals surface area contributed by atoms with E-state index >= 15 is 0 Å². The van der Waals surface area contributed by atoms with E-state index in [2.05, 4.69) is 25.3 Å². The third kappa shape index (κ3) is 4.82. The number of methoxy groups -OCH3 is 1. The Kier molecular flexibility index (Phi) is 6.72. The van der Waals surface area contributed by atoms with Gasteiger partial charge in [-0.05, 0) is 56.0 Å². The summed E-state index contributed by atoms with van der Waals surface area (Å²) in [4.78, 5) is 8.27. The van der Waals surface area contributed by atoms with Gasteiger partial charge in [0.25, 0.3) is 0 Å². The summed E-state index contributed by atoms with van der Waals surface area (Å²) in [6.45, 7) is 1.81. The molecule has 0 spiro atoms. The van der Waals surface area contributed by atoms with E-state index in [0.717, 1.165) is 41.4 Å². The zero-order valence-corrected chi connectivity index (χ0v) is 21.5.